The molecule has 2 aromatic carbocycles. The molecule has 0 atom stereocenters. The molecule has 0 saturated carbocycles. The number of hydrogen-bond donors (Lipinski definition) is 1. The second-order valence-electron chi connectivity index (χ2n) is 8.18. The Morgan fingerprint density at radius 1 is 1.21 bits per heavy atom. The third kappa shape index (κ3) is 4.33. The standard InChI is InChI=1S/C22H25N5O5S/c1-13(2)27-9-5-6-14-10-17(20(12-18(14)27)33(29,30)31)24-25-22-23-16-8-7-15(21(28)32-4)11-19(16)26(22)3/h7-8,10-13H,5-6,9H2,1-4H3,(H,29,30,31). The van der Waals surface area contributed by atoms with E-state index in [1.54, 1.807) is 35.9 Å². The van der Waals surface area contributed by atoms with Crippen molar-refractivity contribution in [3.63, 3.8) is 0 Å². The SMILES string of the molecule is COC(=O)c1ccc2nc(N=Nc3cc4c(cc3S(=O)(=O)O)N(C(C)C)CCC4)n(C)c2c1. The van der Waals surface area contributed by atoms with Crippen molar-refractivity contribution in [2.75, 3.05) is 18.6 Å². The van der Waals surface area contributed by atoms with Crippen molar-refractivity contribution in [2.45, 2.75) is 37.6 Å². The summed E-state index contributed by atoms with van der Waals surface area (Å²) in [4.78, 5) is 18.0. The fourth-order valence-electron chi connectivity index (χ4n) is 4.06. The van der Waals surface area contributed by atoms with Crippen LogP contribution in [0.1, 0.15) is 36.2 Å². The number of rotatable bonds is 5. The molecule has 2 heterocycles. The normalized spacial score (nSPS) is 14.3. The van der Waals surface area contributed by atoms with Gasteiger partial charge < -0.3 is 14.2 Å². The Labute approximate surface area is 191 Å². The predicted octanol–water partition coefficient (Wildman–Crippen LogP) is 4.18. The summed E-state index contributed by atoms with van der Waals surface area (Å²) in [6.45, 7) is 4.88. The first-order chi connectivity index (χ1) is 15.6. The molecule has 11 heteroatoms. The van der Waals surface area contributed by atoms with Crippen molar-refractivity contribution in [2.24, 2.45) is 17.3 Å². The van der Waals surface area contributed by atoms with Gasteiger partial charge in [0.05, 0.1) is 23.7 Å². The highest BCUT2D eigenvalue weighted by Gasteiger charge is 2.25. The molecule has 0 spiro atoms. The first kappa shape index (κ1) is 22.9. The van der Waals surface area contributed by atoms with Gasteiger partial charge in [0.25, 0.3) is 10.1 Å². The number of imidazole rings is 1. The van der Waals surface area contributed by atoms with Gasteiger partial charge in [0.2, 0.25) is 5.95 Å². The summed E-state index contributed by atoms with van der Waals surface area (Å²) in [6.07, 6.45) is 1.70. The Morgan fingerprint density at radius 3 is 2.64 bits per heavy atom. The van der Waals surface area contributed by atoms with E-state index in [4.69, 9.17) is 4.74 Å². The molecule has 0 saturated heterocycles. The maximum atomic E-state index is 12.1. The van der Waals surface area contributed by atoms with Crippen molar-refractivity contribution >= 4 is 44.4 Å². The van der Waals surface area contributed by atoms with Gasteiger partial charge >= 0.3 is 5.97 Å². The minimum absolute atomic E-state index is 0.0455. The molecule has 1 N–H and O–H groups in total. The van der Waals surface area contributed by atoms with Crippen LogP contribution in [-0.4, -0.2) is 48.2 Å². The lowest BCUT2D eigenvalue weighted by molar-refractivity contribution is 0.0601. The highest BCUT2D eigenvalue weighted by atomic mass is 32.2. The third-order valence-corrected chi connectivity index (χ3v) is 6.62. The highest BCUT2D eigenvalue weighted by molar-refractivity contribution is 7.86. The van der Waals surface area contributed by atoms with E-state index in [0.29, 0.717) is 16.6 Å². The number of methoxy groups -OCH3 is 1. The fourth-order valence-corrected chi connectivity index (χ4v) is 4.68. The quantitative estimate of drug-likeness (QED) is 0.336. The first-order valence-electron chi connectivity index (χ1n) is 10.5. The average Bonchev–Trinajstić information content (AvgIpc) is 3.10. The van der Waals surface area contributed by atoms with Crippen molar-refractivity contribution < 1.29 is 22.5 Å². The van der Waals surface area contributed by atoms with Gasteiger partial charge in [-0.05, 0) is 62.6 Å². The van der Waals surface area contributed by atoms with Gasteiger partial charge in [0.15, 0.2) is 0 Å². The van der Waals surface area contributed by atoms with Crippen LogP contribution in [0.3, 0.4) is 0 Å². The van der Waals surface area contributed by atoms with E-state index in [0.717, 1.165) is 30.6 Å². The maximum Gasteiger partial charge on any atom is 0.337 e. The minimum Gasteiger partial charge on any atom is -0.465 e. The van der Waals surface area contributed by atoms with Gasteiger partial charge in [0.1, 0.15) is 10.6 Å². The van der Waals surface area contributed by atoms with Crippen LogP contribution < -0.4 is 4.90 Å². The van der Waals surface area contributed by atoms with Gasteiger partial charge in [0, 0.05) is 25.3 Å². The van der Waals surface area contributed by atoms with Crippen LogP contribution in [0.5, 0.6) is 0 Å². The largest absolute Gasteiger partial charge is 0.465 e. The lowest BCUT2D eigenvalue weighted by Gasteiger charge is -2.35. The number of azo groups is 1. The zero-order valence-corrected chi connectivity index (χ0v) is 19.6. The van der Waals surface area contributed by atoms with Crippen LogP contribution in [0.25, 0.3) is 11.0 Å². The number of benzene rings is 2. The van der Waals surface area contributed by atoms with E-state index >= 15 is 0 Å². The molecule has 0 aliphatic carbocycles. The molecule has 1 aliphatic heterocycles. The van der Waals surface area contributed by atoms with E-state index in [2.05, 4.69) is 20.1 Å². The summed E-state index contributed by atoms with van der Waals surface area (Å²) in [7, 11) is -1.52. The molecule has 0 fully saturated rings. The molecule has 0 amide bonds. The Balaban J connectivity index is 1.79. The average molecular weight is 472 g/mol. The molecule has 0 unspecified atom stereocenters. The van der Waals surface area contributed by atoms with Gasteiger partial charge in [-0.1, -0.05) is 0 Å². The third-order valence-electron chi connectivity index (χ3n) is 5.74. The molecule has 3 aromatic rings. The Morgan fingerprint density at radius 2 is 1.97 bits per heavy atom. The molecule has 33 heavy (non-hydrogen) atoms. The van der Waals surface area contributed by atoms with Crippen molar-refractivity contribution in [1.82, 2.24) is 9.55 Å². The van der Waals surface area contributed by atoms with Crippen LogP contribution in [0, 0.1) is 0 Å². The summed E-state index contributed by atoms with van der Waals surface area (Å²) < 4.78 is 40.5. The second kappa shape index (κ2) is 8.56. The first-order valence-corrected chi connectivity index (χ1v) is 11.9. The van der Waals surface area contributed by atoms with Crippen LogP contribution in [0.15, 0.2) is 45.5 Å². The van der Waals surface area contributed by atoms with Crippen LogP contribution >= 0.6 is 0 Å². The molecule has 1 aliphatic rings. The van der Waals surface area contributed by atoms with E-state index < -0.39 is 16.1 Å². The lowest BCUT2D eigenvalue weighted by atomic mass is 10.00. The van der Waals surface area contributed by atoms with Crippen LogP contribution in [0.4, 0.5) is 17.3 Å². The number of carbonyl (C=O) groups excluding carboxylic acids is 1. The van der Waals surface area contributed by atoms with E-state index in [9.17, 15) is 17.8 Å². The molecular weight excluding hydrogens is 446 g/mol. The number of anilines is 1. The molecular formula is C22H25N5O5S. The van der Waals surface area contributed by atoms with Gasteiger partial charge in [-0.25, -0.2) is 9.78 Å². The molecule has 0 bridgehead atoms. The molecule has 174 valence electrons. The molecule has 4 rings (SSSR count). The Bertz CT molecular complexity index is 1380. The number of aromatic nitrogens is 2. The summed E-state index contributed by atoms with van der Waals surface area (Å²) >= 11 is 0. The van der Waals surface area contributed by atoms with E-state index in [-0.39, 0.29) is 22.6 Å². The Kier molecular flexibility index (Phi) is 5.93. The van der Waals surface area contributed by atoms with Crippen LogP contribution in [-0.2, 0) is 28.3 Å². The summed E-state index contributed by atoms with van der Waals surface area (Å²) in [6, 6.07) is 8.22. The minimum atomic E-state index is -4.53. The highest BCUT2D eigenvalue weighted by Crippen LogP contribution is 2.37. The summed E-state index contributed by atoms with van der Waals surface area (Å²) in [5, 5.41) is 8.30. The number of carbonyl (C=O) groups is 1. The lowest BCUT2D eigenvalue weighted by Crippen LogP contribution is -2.35. The molecule has 0 radical (unpaired) electrons. The summed E-state index contributed by atoms with van der Waals surface area (Å²) in [5.41, 5.74) is 3.37. The number of hydrogen-bond acceptors (Lipinski definition) is 8. The number of ether oxygens (including phenoxy) is 1. The van der Waals surface area contributed by atoms with Gasteiger partial charge in [-0.15, -0.1) is 10.2 Å². The van der Waals surface area contributed by atoms with E-state index in [1.165, 1.54) is 13.2 Å². The zero-order valence-electron chi connectivity index (χ0n) is 18.8. The fraction of sp³-hybridized carbons (Fsp3) is 0.364. The second-order valence-corrected chi connectivity index (χ2v) is 9.57. The van der Waals surface area contributed by atoms with Crippen molar-refractivity contribution in [3.05, 3.63) is 41.5 Å². The van der Waals surface area contributed by atoms with Crippen molar-refractivity contribution in [1.29, 1.82) is 0 Å². The molecule has 10 nitrogen and oxygen atoms in total. The summed E-state index contributed by atoms with van der Waals surface area (Å²) in [5.74, 6) is -0.251. The predicted molar refractivity (Wildman–Crippen MR) is 123 cm³/mol. The topological polar surface area (TPSA) is 126 Å². The number of nitrogens with zero attached hydrogens (tertiary/aromatic N) is 5. The number of fused-ring (bicyclic) bond motifs is 2. The number of esters is 1. The van der Waals surface area contributed by atoms with Crippen LogP contribution in [0.2, 0.25) is 0 Å². The van der Waals surface area contributed by atoms with E-state index in [1.807, 2.05) is 13.8 Å². The Hall–Kier alpha value is -3.31. The van der Waals surface area contributed by atoms with Crippen molar-refractivity contribution in [3.8, 4) is 0 Å². The molecule has 1 aromatic heterocycles. The van der Waals surface area contributed by atoms with Gasteiger partial charge in [-0.3, -0.25) is 4.55 Å². The maximum absolute atomic E-state index is 12.1. The van der Waals surface area contributed by atoms with Gasteiger partial charge in [-0.2, -0.15) is 8.42 Å². The monoisotopic (exact) mass is 471 g/mol. The number of aryl methyl sites for hydroxylation is 2. The smallest absolute Gasteiger partial charge is 0.337 e. The zero-order chi connectivity index (χ0) is 23.9.